The summed E-state index contributed by atoms with van der Waals surface area (Å²) in [6.45, 7) is 2.53. The number of halogens is 2. The van der Waals surface area contributed by atoms with Crippen LogP contribution in [0, 0.1) is 5.82 Å². The maximum atomic E-state index is 14.5. The van der Waals surface area contributed by atoms with E-state index in [9.17, 15) is 4.39 Å². The monoisotopic (exact) mass is 388 g/mol. The number of hydrogen-bond acceptors (Lipinski definition) is 4. The van der Waals surface area contributed by atoms with Crippen molar-refractivity contribution >= 4 is 17.6 Å². The quantitative estimate of drug-likeness (QED) is 0.799. The number of nitrogens with two attached hydrogens (primary N) is 1. The lowest BCUT2D eigenvalue weighted by Crippen LogP contribution is -2.38. The first kappa shape index (κ1) is 18.1. The Morgan fingerprint density at radius 3 is 2.93 bits per heavy atom. The Bertz CT molecular complexity index is 902. The minimum Gasteiger partial charge on any atom is -0.490 e. The van der Waals surface area contributed by atoms with Crippen molar-refractivity contribution in [2.24, 2.45) is 10.7 Å². The van der Waals surface area contributed by atoms with E-state index in [1.807, 2.05) is 18.2 Å². The van der Waals surface area contributed by atoms with Crippen molar-refractivity contribution in [3.8, 4) is 16.9 Å². The second kappa shape index (κ2) is 7.04. The van der Waals surface area contributed by atoms with Gasteiger partial charge in [0.1, 0.15) is 29.8 Å². The molecule has 0 bridgehead atoms. The van der Waals surface area contributed by atoms with Gasteiger partial charge in [0, 0.05) is 17.5 Å². The van der Waals surface area contributed by atoms with Crippen molar-refractivity contribution in [1.29, 1.82) is 0 Å². The Morgan fingerprint density at radius 2 is 2.19 bits per heavy atom. The number of aliphatic imine (C=N–C) groups is 1. The van der Waals surface area contributed by atoms with E-state index < -0.39 is 11.4 Å². The molecule has 0 amide bonds. The third-order valence-electron chi connectivity index (χ3n) is 5.27. The number of ether oxygens (including phenoxy) is 2. The van der Waals surface area contributed by atoms with Crippen LogP contribution in [0.5, 0.6) is 5.75 Å². The molecule has 2 unspecified atom stereocenters. The van der Waals surface area contributed by atoms with Crippen LogP contribution in [-0.2, 0) is 10.3 Å². The van der Waals surface area contributed by atoms with E-state index >= 15 is 0 Å². The highest BCUT2D eigenvalue weighted by molar-refractivity contribution is 6.31. The lowest BCUT2D eigenvalue weighted by molar-refractivity contribution is 0.0988. The predicted molar refractivity (Wildman–Crippen MR) is 105 cm³/mol. The molecule has 142 valence electrons. The Kier molecular flexibility index (Phi) is 4.72. The Morgan fingerprint density at radius 1 is 1.33 bits per heavy atom. The summed E-state index contributed by atoms with van der Waals surface area (Å²) in [7, 11) is 0. The van der Waals surface area contributed by atoms with E-state index in [1.54, 1.807) is 12.1 Å². The van der Waals surface area contributed by atoms with Crippen LogP contribution in [0.1, 0.15) is 38.2 Å². The highest BCUT2D eigenvalue weighted by Gasteiger charge is 2.46. The van der Waals surface area contributed by atoms with Crippen molar-refractivity contribution in [3.63, 3.8) is 0 Å². The van der Waals surface area contributed by atoms with Crippen LogP contribution < -0.4 is 10.5 Å². The van der Waals surface area contributed by atoms with Gasteiger partial charge in [-0.15, -0.1) is 0 Å². The summed E-state index contributed by atoms with van der Waals surface area (Å²) in [5.41, 5.74) is 7.32. The topological polar surface area (TPSA) is 56.8 Å². The van der Waals surface area contributed by atoms with Crippen LogP contribution in [0.15, 0.2) is 41.4 Å². The molecule has 27 heavy (non-hydrogen) atoms. The van der Waals surface area contributed by atoms with E-state index in [2.05, 4.69) is 11.9 Å². The number of amidine groups is 1. The molecule has 2 heterocycles. The number of rotatable bonds is 4. The summed E-state index contributed by atoms with van der Waals surface area (Å²) in [6, 6.07) is 10.8. The van der Waals surface area contributed by atoms with Gasteiger partial charge in [-0.25, -0.2) is 9.38 Å². The molecule has 2 N–H and O–H groups in total. The lowest BCUT2D eigenvalue weighted by Gasteiger charge is -2.37. The van der Waals surface area contributed by atoms with E-state index in [4.69, 9.17) is 26.8 Å². The van der Waals surface area contributed by atoms with Gasteiger partial charge in [-0.3, -0.25) is 0 Å². The van der Waals surface area contributed by atoms with Crippen LogP contribution in [0.3, 0.4) is 0 Å². The van der Waals surface area contributed by atoms with E-state index in [0.717, 1.165) is 36.1 Å². The van der Waals surface area contributed by atoms with Gasteiger partial charge in [0.15, 0.2) is 0 Å². The highest BCUT2D eigenvalue weighted by Crippen LogP contribution is 2.47. The van der Waals surface area contributed by atoms with Crippen LogP contribution in [0.2, 0.25) is 5.02 Å². The van der Waals surface area contributed by atoms with Crippen molar-refractivity contribution in [3.05, 3.63) is 52.8 Å². The first-order valence-corrected chi connectivity index (χ1v) is 9.64. The smallest absolute Gasteiger partial charge is 0.283 e. The fourth-order valence-electron chi connectivity index (χ4n) is 3.90. The fourth-order valence-corrected chi connectivity index (χ4v) is 4.08. The first-order chi connectivity index (χ1) is 13.0. The van der Waals surface area contributed by atoms with E-state index in [0.29, 0.717) is 18.6 Å². The summed E-state index contributed by atoms with van der Waals surface area (Å²) < 4.78 is 26.3. The molecule has 2 aliphatic heterocycles. The van der Waals surface area contributed by atoms with Gasteiger partial charge < -0.3 is 15.2 Å². The predicted octanol–water partition coefficient (Wildman–Crippen LogP) is 5.03. The number of unbranched alkanes of at least 4 members (excludes halogenated alkanes) is 1. The molecular formula is C21H22ClFN2O2. The fraction of sp³-hybridized carbons (Fsp3) is 0.381. The summed E-state index contributed by atoms with van der Waals surface area (Å²) in [5, 5.41) is 0.0993. The lowest BCUT2D eigenvalue weighted by atomic mass is 9.81. The molecular weight excluding hydrogens is 367 g/mol. The van der Waals surface area contributed by atoms with Crippen molar-refractivity contribution < 1.29 is 13.9 Å². The van der Waals surface area contributed by atoms with Gasteiger partial charge in [0.25, 0.3) is 6.02 Å². The SMILES string of the molecule is CCCCC1CC2(COC(N)=N2)c2cc(-c3cccc(Cl)c3F)ccc2O1. The summed E-state index contributed by atoms with van der Waals surface area (Å²) in [6.07, 6.45) is 3.90. The van der Waals surface area contributed by atoms with Gasteiger partial charge in [0.2, 0.25) is 0 Å². The van der Waals surface area contributed by atoms with Gasteiger partial charge in [-0.1, -0.05) is 49.6 Å². The highest BCUT2D eigenvalue weighted by atomic mass is 35.5. The van der Waals surface area contributed by atoms with Gasteiger partial charge in [-0.05, 0) is 30.2 Å². The molecule has 0 aromatic heterocycles. The van der Waals surface area contributed by atoms with Crippen LogP contribution in [0.25, 0.3) is 11.1 Å². The van der Waals surface area contributed by atoms with Crippen LogP contribution in [0.4, 0.5) is 4.39 Å². The Labute approximate surface area is 163 Å². The molecule has 2 atom stereocenters. The molecule has 0 saturated heterocycles. The molecule has 1 spiro atoms. The van der Waals surface area contributed by atoms with Gasteiger partial charge in [-0.2, -0.15) is 0 Å². The molecule has 2 aromatic carbocycles. The number of hydrogen-bond donors (Lipinski definition) is 1. The largest absolute Gasteiger partial charge is 0.490 e. The second-order valence-corrected chi connectivity index (χ2v) is 7.58. The molecule has 0 aliphatic carbocycles. The standard InChI is InChI=1S/C21H22ClFN2O2/c1-2-3-5-14-11-21(12-26-20(24)25-21)16-10-13(8-9-18(16)27-14)15-6-4-7-17(22)19(15)23/h4,6-10,14H,2-3,5,11-12H2,1H3,(H2,24,25). The minimum absolute atomic E-state index is 0.0597. The Hall–Kier alpha value is -2.27. The maximum absolute atomic E-state index is 14.5. The first-order valence-electron chi connectivity index (χ1n) is 9.26. The summed E-state index contributed by atoms with van der Waals surface area (Å²) in [5.74, 6) is 0.326. The van der Waals surface area contributed by atoms with Crippen molar-refractivity contribution in [1.82, 2.24) is 0 Å². The third-order valence-corrected chi connectivity index (χ3v) is 5.56. The minimum atomic E-state index is -0.582. The molecule has 4 nitrogen and oxygen atoms in total. The number of fused-ring (bicyclic) bond motifs is 2. The average molecular weight is 389 g/mol. The summed E-state index contributed by atoms with van der Waals surface area (Å²) >= 11 is 5.96. The molecule has 6 heteroatoms. The molecule has 2 aliphatic rings. The molecule has 0 saturated carbocycles. The second-order valence-electron chi connectivity index (χ2n) is 7.17. The molecule has 0 fully saturated rings. The average Bonchev–Trinajstić information content (AvgIpc) is 3.03. The van der Waals surface area contributed by atoms with Crippen molar-refractivity contribution in [2.75, 3.05) is 6.61 Å². The van der Waals surface area contributed by atoms with Crippen LogP contribution >= 0.6 is 11.6 Å². The molecule has 4 rings (SSSR count). The maximum Gasteiger partial charge on any atom is 0.283 e. The number of benzene rings is 2. The number of nitrogens with zero attached hydrogens (tertiary/aromatic N) is 1. The van der Waals surface area contributed by atoms with Gasteiger partial charge in [0.05, 0.1) is 5.02 Å². The van der Waals surface area contributed by atoms with Gasteiger partial charge >= 0.3 is 0 Å². The molecule has 2 aromatic rings. The van der Waals surface area contributed by atoms with Crippen LogP contribution in [-0.4, -0.2) is 18.7 Å². The van der Waals surface area contributed by atoms with Crippen molar-refractivity contribution in [2.45, 2.75) is 44.2 Å². The zero-order valence-corrected chi connectivity index (χ0v) is 15.9. The zero-order chi connectivity index (χ0) is 19.0. The summed E-state index contributed by atoms with van der Waals surface area (Å²) in [4.78, 5) is 4.63. The van der Waals surface area contributed by atoms with E-state index in [-0.39, 0.29) is 17.1 Å². The zero-order valence-electron chi connectivity index (χ0n) is 15.2. The Balaban J connectivity index is 1.79. The normalized spacial score (nSPS) is 23.5. The van der Waals surface area contributed by atoms with E-state index in [1.165, 1.54) is 6.07 Å². The third kappa shape index (κ3) is 3.25. The molecule has 0 radical (unpaired) electrons.